The summed E-state index contributed by atoms with van der Waals surface area (Å²) in [4.78, 5) is 18.5. The molecule has 5 heteroatoms. The molecule has 0 bridgehead atoms. The molecule has 0 radical (unpaired) electrons. The third-order valence-corrected chi connectivity index (χ3v) is 4.10. The van der Waals surface area contributed by atoms with Crippen LogP contribution in [0.15, 0.2) is 48.7 Å². The van der Waals surface area contributed by atoms with E-state index < -0.39 is 0 Å². The van der Waals surface area contributed by atoms with Gasteiger partial charge in [-0.15, -0.1) is 0 Å². The molecule has 138 valence electrons. The number of carbonyl (C=O) groups is 1. The molecule has 0 aliphatic carbocycles. The summed E-state index contributed by atoms with van der Waals surface area (Å²) in [5.74, 6) is 0.657. The number of anilines is 1. The number of nitrogens with one attached hydrogen (secondary N) is 1. The van der Waals surface area contributed by atoms with E-state index in [-0.39, 0.29) is 5.91 Å². The first-order valence-electron chi connectivity index (χ1n) is 8.98. The van der Waals surface area contributed by atoms with Crippen molar-refractivity contribution < 1.29 is 9.53 Å². The fourth-order valence-electron chi connectivity index (χ4n) is 2.53. The van der Waals surface area contributed by atoms with E-state index in [9.17, 15) is 4.79 Å². The topological polar surface area (TPSA) is 54.5 Å². The molecular weight excluding hydrogens is 326 g/mol. The zero-order chi connectivity index (χ0) is 18.8. The summed E-state index contributed by atoms with van der Waals surface area (Å²) >= 11 is 0. The lowest BCUT2D eigenvalue weighted by Gasteiger charge is -2.18. The van der Waals surface area contributed by atoms with Crippen LogP contribution in [0.25, 0.3) is 6.08 Å². The molecule has 1 N–H and O–H groups in total. The van der Waals surface area contributed by atoms with Gasteiger partial charge in [-0.05, 0) is 62.0 Å². The Morgan fingerprint density at radius 3 is 2.69 bits per heavy atom. The Kier molecular flexibility index (Phi) is 7.83. The van der Waals surface area contributed by atoms with Gasteiger partial charge in [-0.1, -0.05) is 19.9 Å². The zero-order valence-electron chi connectivity index (χ0n) is 15.7. The summed E-state index contributed by atoms with van der Waals surface area (Å²) in [7, 11) is 0. The molecule has 0 aliphatic rings. The van der Waals surface area contributed by atoms with Gasteiger partial charge >= 0.3 is 0 Å². The number of amides is 1. The first-order chi connectivity index (χ1) is 12.6. The maximum Gasteiger partial charge on any atom is 0.248 e. The number of hydrogen-bond acceptors (Lipinski definition) is 4. The first-order valence-corrected chi connectivity index (χ1v) is 8.98. The molecule has 0 spiro atoms. The van der Waals surface area contributed by atoms with Crippen LogP contribution in [0.1, 0.15) is 25.1 Å². The summed E-state index contributed by atoms with van der Waals surface area (Å²) in [5.41, 5.74) is 2.49. The Balaban J connectivity index is 1.88. The van der Waals surface area contributed by atoms with Crippen LogP contribution in [0, 0.1) is 6.92 Å². The highest BCUT2D eigenvalue weighted by molar-refractivity contribution is 6.01. The largest absolute Gasteiger partial charge is 0.492 e. The lowest BCUT2D eigenvalue weighted by atomic mass is 10.2. The minimum atomic E-state index is -0.190. The lowest BCUT2D eigenvalue weighted by molar-refractivity contribution is -0.111. The fraction of sp³-hybridized carbons (Fsp3) is 0.333. The minimum Gasteiger partial charge on any atom is -0.492 e. The second-order valence-electron chi connectivity index (χ2n) is 5.93. The first kappa shape index (κ1) is 19.7. The Morgan fingerprint density at radius 2 is 2.04 bits per heavy atom. The van der Waals surface area contributed by atoms with Crippen LogP contribution in [-0.2, 0) is 4.79 Å². The average molecular weight is 353 g/mol. The molecule has 0 aliphatic heterocycles. The molecule has 2 rings (SSSR count). The van der Waals surface area contributed by atoms with Crippen LogP contribution < -0.4 is 10.1 Å². The van der Waals surface area contributed by atoms with Crippen LogP contribution in [0.4, 0.5) is 5.69 Å². The molecule has 0 saturated heterocycles. The van der Waals surface area contributed by atoms with Gasteiger partial charge in [0.15, 0.2) is 0 Å². The highest BCUT2D eigenvalue weighted by atomic mass is 16.5. The molecule has 5 nitrogen and oxygen atoms in total. The van der Waals surface area contributed by atoms with E-state index in [2.05, 4.69) is 29.0 Å². The summed E-state index contributed by atoms with van der Waals surface area (Å²) in [6.45, 7) is 9.88. The second kappa shape index (κ2) is 10.4. The third kappa shape index (κ3) is 6.33. The predicted octanol–water partition coefficient (Wildman–Crippen LogP) is 3.76. The standard InChI is InChI=1S/C21H27N3O2/c1-4-24(5-2)14-15-26-20-11-9-19(16-17(20)3)23-21(25)12-10-18-8-6-7-13-22-18/h6-13,16H,4-5,14-15H2,1-3H3,(H,23,25)/b12-10+. The molecule has 0 atom stereocenters. The number of carbonyl (C=O) groups excluding carboxylic acids is 1. The van der Waals surface area contributed by atoms with E-state index >= 15 is 0 Å². The van der Waals surface area contributed by atoms with E-state index in [1.165, 1.54) is 6.08 Å². The number of pyridine rings is 1. The number of likely N-dealkylation sites (N-methyl/N-ethyl adjacent to an activating group) is 1. The van der Waals surface area contributed by atoms with Gasteiger partial charge in [-0.3, -0.25) is 9.78 Å². The number of rotatable bonds is 9. The summed E-state index contributed by atoms with van der Waals surface area (Å²) in [6, 6.07) is 11.2. The van der Waals surface area contributed by atoms with Crippen molar-refractivity contribution in [3.05, 3.63) is 59.9 Å². The van der Waals surface area contributed by atoms with E-state index in [0.717, 1.165) is 42.3 Å². The van der Waals surface area contributed by atoms with Crippen molar-refractivity contribution >= 4 is 17.7 Å². The van der Waals surface area contributed by atoms with Gasteiger partial charge in [0.25, 0.3) is 0 Å². The predicted molar refractivity (Wildman–Crippen MR) is 106 cm³/mol. The molecule has 2 aromatic rings. The highest BCUT2D eigenvalue weighted by Crippen LogP contribution is 2.22. The van der Waals surface area contributed by atoms with Crippen molar-refractivity contribution in [1.29, 1.82) is 0 Å². The van der Waals surface area contributed by atoms with Gasteiger partial charge < -0.3 is 15.0 Å². The molecule has 0 fully saturated rings. The van der Waals surface area contributed by atoms with E-state index in [1.807, 2.05) is 43.3 Å². The number of benzene rings is 1. The van der Waals surface area contributed by atoms with Gasteiger partial charge in [-0.2, -0.15) is 0 Å². The SMILES string of the molecule is CCN(CC)CCOc1ccc(NC(=O)/C=C/c2ccccn2)cc1C. The molecular formula is C21H27N3O2. The maximum absolute atomic E-state index is 12.0. The van der Waals surface area contributed by atoms with Gasteiger partial charge in [0, 0.05) is 24.5 Å². The van der Waals surface area contributed by atoms with Gasteiger partial charge in [0.05, 0.1) is 5.69 Å². The van der Waals surface area contributed by atoms with Crippen LogP contribution in [0.3, 0.4) is 0 Å². The van der Waals surface area contributed by atoms with E-state index in [0.29, 0.717) is 6.61 Å². The normalized spacial score (nSPS) is 11.1. The van der Waals surface area contributed by atoms with Crippen molar-refractivity contribution in [2.45, 2.75) is 20.8 Å². The fourth-order valence-corrected chi connectivity index (χ4v) is 2.53. The molecule has 1 heterocycles. The zero-order valence-corrected chi connectivity index (χ0v) is 15.7. The Hall–Kier alpha value is -2.66. The van der Waals surface area contributed by atoms with Crippen LogP contribution in [-0.4, -0.2) is 42.0 Å². The van der Waals surface area contributed by atoms with Crippen molar-refractivity contribution in [3.63, 3.8) is 0 Å². The van der Waals surface area contributed by atoms with Crippen molar-refractivity contribution in [2.24, 2.45) is 0 Å². The number of nitrogens with zero attached hydrogens (tertiary/aromatic N) is 2. The van der Waals surface area contributed by atoms with Crippen molar-refractivity contribution in [2.75, 3.05) is 31.6 Å². The second-order valence-corrected chi connectivity index (χ2v) is 5.93. The molecule has 0 saturated carbocycles. The molecule has 26 heavy (non-hydrogen) atoms. The smallest absolute Gasteiger partial charge is 0.248 e. The molecule has 0 unspecified atom stereocenters. The summed E-state index contributed by atoms with van der Waals surface area (Å²) in [6.07, 6.45) is 4.86. The average Bonchev–Trinajstić information content (AvgIpc) is 2.66. The number of ether oxygens (including phenoxy) is 1. The monoisotopic (exact) mass is 353 g/mol. The van der Waals surface area contributed by atoms with E-state index in [4.69, 9.17) is 4.74 Å². The third-order valence-electron chi connectivity index (χ3n) is 4.10. The molecule has 1 amide bonds. The highest BCUT2D eigenvalue weighted by Gasteiger charge is 2.05. The van der Waals surface area contributed by atoms with Gasteiger partial charge in [-0.25, -0.2) is 0 Å². The quantitative estimate of drug-likeness (QED) is 0.698. The number of hydrogen-bond donors (Lipinski definition) is 1. The summed E-state index contributed by atoms with van der Waals surface area (Å²) < 4.78 is 5.86. The van der Waals surface area contributed by atoms with Gasteiger partial charge in [0.2, 0.25) is 5.91 Å². The van der Waals surface area contributed by atoms with Crippen molar-refractivity contribution in [3.8, 4) is 5.75 Å². The molecule has 1 aromatic heterocycles. The minimum absolute atomic E-state index is 0.190. The summed E-state index contributed by atoms with van der Waals surface area (Å²) in [5, 5.41) is 2.86. The van der Waals surface area contributed by atoms with Gasteiger partial charge in [0.1, 0.15) is 12.4 Å². The Bertz CT molecular complexity index is 725. The Morgan fingerprint density at radius 1 is 1.23 bits per heavy atom. The van der Waals surface area contributed by atoms with E-state index in [1.54, 1.807) is 12.3 Å². The lowest BCUT2D eigenvalue weighted by Crippen LogP contribution is -2.28. The maximum atomic E-state index is 12.0. The van der Waals surface area contributed by atoms with Crippen molar-refractivity contribution in [1.82, 2.24) is 9.88 Å². The number of aromatic nitrogens is 1. The Labute approximate surface area is 155 Å². The van der Waals surface area contributed by atoms with Crippen LogP contribution >= 0.6 is 0 Å². The van der Waals surface area contributed by atoms with Crippen LogP contribution in [0.5, 0.6) is 5.75 Å². The van der Waals surface area contributed by atoms with Crippen LogP contribution in [0.2, 0.25) is 0 Å². The molecule has 1 aromatic carbocycles. The number of aryl methyl sites for hydroxylation is 1.